The van der Waals surface area contributed by atoms with Gasteiger partial charge in [0.25, 0.3) is 20.0 Å². The number of rotatable bonds is 7. The van der Waals surface area contributed by atoms with Crippen molar-refractivity contribution in [3.63, 3.8) is 0 Å². The van der Waals surface area contributed by atoms with Crippen LogP contribution in [0.25, 0.3) is 0 Å². The van der Waals surface area contributed by atoms with Crippen molar-refractivity contribution in [3.05, 3.63) is 113 Å². The van der Waals surface area contributed by atoms with Crippen LogP contribution in [0.15, 0.2) is 88.7 Å². The zero-order valence-electron chi connectivity index (χ0n) is 19.8. The number of nitrogens with zero attached hydrogens (tertiary/aromatic N) is 3. The fourth-order valence-corrected chi connectivity index (χ4v) is 7.62. The summed E-state index contributed by atoms with van der Waals surface area (Å²) >= 11 is 0. The van der Waals surface area contributed by atoms with E-state index in [4.69, 9.17) is 0 Å². The molecule has 0 aliphatic heterocycles. The third-order valence-corrected chi connectivity index (χ3v) is 10.1. The maximum Gasteiger partial charge on any atom is 0.278 e. The third-order valence-electron chi connectivity index (χ3n) is 5.93. The summed E-state index contributed by atoms with van der Waals surface area (Å²) in [5, 5.41) is 10.0. The number of nitriles is 1. The molecule has 190 valence electrons. The van der Waals surface area contributed by atoms with Gasteiger partial charge in [-0.25, -0.2) is 8.78 Å². The van der Waals surface area contributed by atoms with Crippen LogP contribution >= 0.6 is 0 Å². The lowest BCUT2D eigenvalue weighted by molar-refractivity contribution is 0.581. The van der Waals surface area contributed by atoms with E-state index in [2.05, 4.69) is 0 Å². The number of hydrogen-bond donors (Lipinski definition) is 0. The van der Waals surface area contributed by atoms with Gasteiger partial charge >= 0.3 is 0 Å². The van der Waals surface area contributed by atoms with Gasteiger partial charge in [-0.1, -0.05) is 30.3 Å². The Labute approximate surface area is 213 Å². The summed E-state index contributed by atoms with van der Waals surface area (Å²) in [7, 11) is -9.85. The molecule has 37 heavy (non-hydrogen) atoms. The molecule has 1 heterocycles. The first-order valence-electron chi connectivity index (χ1n) is 10.9. The molecule has 0 aliphatic carbocycles. The predicted octanol–water partition coefficient (Wildman–Crippen LogP) is 4.89. The first-order valence-corrected chi connectivity index (χ1v) is 13.8. The molecule has 1 aromatic heterocycles. The SMILES string of the molecule is Cc1c(C#N)c(N(S(=O)(=O)c2ccc(F)cc2)S(=O)(=O)c2ccc(F)cc2)n(Cc2ccccc2)c1C. The summed E-state index contributed by atoms with van der Waals surface area (Å²) in [6.45, 7) is 3.29. The summed E-state index contributed by atoms with van der Waals surface area (Å²) in [4.78, 5) is -1.02. The van der Waals surface area contributed by atoms with Crippen molar-refractivity contribution < 1.29 is 25.6 Å². The average molecular weight is 542 g/mol. The summed E-state index contributed by atoms with van der Waals surface area (Å²) in [5.74, 6) is -1.83. The van der Waals surface area contributed by atoms with Gasteiger partial charge in [0.1, 0.15) is 17.7 Å². The first-order chi connectivity index (χ1) is 17.5. The van der Waals surface area contributed by atoms with E-state index >= 15 is 0 Å². The maximum atomic E-state index is 14.0. The lowest BCUT2D eigenvalue weighted by Crippen LogP contribution is -2.39. The zero-order chi connectivity index (χ0) is 27.0. The van der Waals surface area contributed by atoms with Gasteiger partial charge in [0.05, 0.1) is 15.4 Å². The van der Waals surface area contributed by atoms with Crippen molar-refractivity contribution in [1.82, 2.24) is 4.57 Å². The molecule has 0 unspecified atom stereocenters. The number of benzene rings is 3. The van der Waals surface area contributed by atoms with Crippen molar-refractivity contribution in [1.29, 1.82) is 5.26 Å². The van der Waals surface area contributed by atoms with Crippen LogP contribution in [0.5, 0.6) is 0 Å². The Bertz CT molecular complexity index is 1630. The number of aromatic nitrogens is 1. The number of anilines is 1. The predicted molar refractivity (Wildman–Crippen MR) is 134 cm³/mol. The van der Waals surface area contributed by atoms with Crippen LogP contribution in [-0.4, -0.2) is 21.4 Å². The van der Waals surface area contributed by atoms with Crippen molar-refractivity contribution in [2.24, 2.45) is 0 Å². The van der Waals surface area contributed by atoms with Gasteiger partial charge < -0.3 is 4.57 Å². The van der Waals surface area contributed by atoms with E-state index in [0.29, 0.717) is 11.3 Å². The Morgan fingerprint density at radius 2 is 1.24 bits per heavy atom. The molecular weight excluding hydrogens is 520 g/mol. The quantitative estimate of drug-likeness (QED) is 0.332. The van der Waals surface area contributed by atoms with Gasteiger partial charge in [-0.3, -0.25) is 0 Å². The van der Waals surface area contributed by atoms with Crippen molar-refractivity contribution in [2.75, 3.05) is 3.71 Å². The molecule has 11 heteroatoms. The normalized spacial score (nSPS) is 11.8. The highest BCUT2D eigenvalue weighted by atomic mass is 32.3. The molecule has 0 atom stereocenters. The molecule has 0 saturated heterocycles. The zero-order valence-corrected chi connectivity index (χ0v) is 21.4. The van der Waals surface area contributed by atoms with Crippen LogP contribution < -0.4 is 3.71 Å². The van der Waals surface area contributed by atoms with E-state index in [1.165, 1.54) is 4.57 Å². The minimum atomic E-state index is -4.92. The standard InChI is InChI=1S/C26H21F2N3O4S2/c1-18-19(2)30(17-20-6-4-3-5-7-20)26(25(18)16-29)31(36(32,33)23-12-8-21(27)9-13-23)37(34,35)24-14-10-22(28)11-15-24/h3-15H,17H2,1-2H3. The van der Waals surface area contributed by atoms with Crippen molar-refractivity contribution >= 4 is 25.9 Å². The van der Waals surface area contributed by atoms with Crippen LogP contribution in [0.4, 0.5) is 14.6 Å². The summed E-state index contributed by atoms with van der Waals surface area (Å²) in [6, 6.07) is 18.1. The molecule has 0 aliphatic rings. The summed E-state index contributed by atoms with van der Waals surface area (Å²) < 4.78 is 84.6. The van der Waals surface area contributed by atoms with E-state index in [1.54, 1.807) is 44.2 Å². The molecule has 0 spiro atoms. The molecule has 0 bridgehead atoms. The molecule has 4 aromatic rings. The largest absolute Gasteiger partial charge is 0.325 e. The molecule has 7 nitrogen and oxygen atoms in total. The highest BCUT2D eigenvalue weighted by molar-refractivity contribution is 8.10. The molecule has 4 rings (SSSR count). The fourth-order valence-electron chi connectivity index (χ4n) is 3.89. The van der Waals surface area contributed by atoms with Gasteiger partial charge in [-0.05, 0) is 73.5 Å². The number of hydrogen-bond acceptors (Lipinski definition) is 5. The molecular formula is C26H21F2N3O4S2. The molecule has 0 N–H and O–H groups in total. The smallest absolute Gasteiger partial charge is 0.278 e. The maximum absolute atomic E-state index is 14.0. The molecule has 0 saturated carbocycles. The second kappa shape index (κ2) is 9.80. The van der Waals surface area contributed by atoms with Crippen molar-refractivity contribution in [3.8, 4) is 6.07 Å². The second-order valence-corrected chi connectivity index (χ2v) is 12.0. The van der Waals surface area contributed by atoms with E-state index in [0.717, 1.165) is 54.1 Å². The summed E-state index contributed by atoms with van der Waals surface area (Å²) in [6.07, 6.45) is 0. The minimum absolute atomic E-state index is 0.0545. The molecule has 0 amide bonds. The lowest BCUT2D eigenvalue weighted by Gasteiger charge is -2.26. The fraction of sp³-hybridized carbons (Fsp3) is 0.115. The van der Waals surface area contributed by atoms with Crippen LogP contribution in [0.2, 0.25) is 0 Å². The van der Waals surface area contributed by atoms with E-state index in [1.807, 2.05) is 6.07 Å². The minimum Gasteiger partial charge on any atom is -0.325 e. The third kappa shape index (κ3) is 4.73. The van der Waals surface area contributed by atoms with Gasteiger partial charge in [-0.15, -0.1) is 3.71 Å². The van der Waals surface area contributed by atoms with E-state index < -0.39 is 47.3 Å². The molecule has 0 radical (unpaired) electrons. The monoisotopic (exact) mass is 541 g/mol. The van der Waals surface area contributed by atoms with Crippen LogP contribution in [-0.2, 0) is 26.6 Å². The van der Waals surface area contributed by atoms with Gasteiger partial charge in [0.15, 0.2) is 5.82 Å². The van der Waals surface area contributed by atoms with Gasteiger partial charge in [0.2, 0.25) is 0 Å². The van der Waals surface area contributed by atoms with Gasteiger partial charge in [0, 0.05) is 12.2 Å². The van der Waals surface area contributed by atoms with Gasteiger partial charge in [-0.2, -0.15) is 22.1 Å². The number of sulfonamides is 2. The van der Waals surface area contributed by atoms with Crippen LogP contribution in [0.3, 0.4) is 0 Å². The highest BCUT2D eigenvalue weighted by Crippen LogP contribution is 2.38. The Morgan fingerprint density at radius 3 is 1.68 bits per heavy atom. The van der Waals surface area contributed by atoms with Crippen LogP contribution in [0, 0.1) is 36.8 Å². The molecule has 0 fully saturated rings. The number of halogens is 2. The van der Waals surface area contributed by atoms with Crippen molar-refractivity contribution in [2.45, 2.75) is 30.2 Å². The average Bonchev–Trinajstić information content (AvgIpc) is 3.09. The Balaban J connectivity index is 2.08. The summed E-state index contributed by atoms with van der Waals surface area (Å²) in [5.41, 5.74) is 1.43. The Morgan fingerprint density at radius 1 is 0.784 bits per heavy atom. The van der Waals surface area contributed by atoms with E-state index in [-0.39, 0.29) is 15.8 Å². The van der Waals surface area contributed by atoms with E-state index in [9.17, 15) is 30.9 Å². The topological polar surface area (TPSA) is 100 Å². The molecule has 3 aromatic carbocycles. The lowest BCUT2D eigenvalue weighted by atomic mass is 10.2. The first kappa shape index (κ1) is 26.1. The highest BCUT2D eigenvalue weighted by Gasteiger charge is 2.41. The Hall–Kier alpha value is -4.01. The second-order valence-electron chi connectivity index (χ2n) is 8.21. The Kier molecular flexibility index (Phi) is 6.90. The van der Waals surface area contributed by atoms with Crippen LogP contribution in [0.1, 0.15) is 22.4 Å².